The molecule has 1 atom stereocenters. The first-order valence-corrected chi connectivity index (χ1v) is 10.2. The Balaban J connectivity index is 1.59. The van der Waals surface area contributed by atoms with E-state index in [-0.39, 0.29) is 35.9 Å². The molecule has 2 saturated heterocycles. The van der Waals surface area contributed by atoms with Gasteiger partial charge >= 0.3 is 0 Å². The molecule has 0 aromatic carbocycles. The van der Waals surface area contributed by atoms with E-state index in [9.17, 15) is 14.4 Å². The average molecular weight is 403 g/mol. The topological polar surface area (TPSA) is 95.9 Å². The molecule has 1 aromatic heterocycles. The Kier molecular flexibility index (Phi) is 7.13. The van der Waals surface area contributed by atoms with Crippen LogP contribution in [0.15, 0.2) is 12.4 Å². The number of carbonyl (C=O) groups excluding carboxylic acids is 3. The van der Waals surface area contributed by atoms with Crippen molar-refractivity contribution in [1.82, 2.24) is 24.7 Å². The highest BCUT2D eigenvalue weighted by Crippen LogP contribution is 2.15. The maximum absolute atomic E-state index is 12.9. The van der Waals surface area contributed by atoms with E-state index in [0.717, 1.165) is 18.5 Å². The number of carbonyl (C=O) groups is 3. The summed E-state index contributed by atoms with van der Waals surface area (Å²) in [4.78, 5) is 50.5. The molecule has 3 amide bonds. The van der Waals surface area contributed by atoms with Gasteiger partial charge in [-0.1, -0.05) is 0 Å². The molecule has 0 bridgehead atoms. The Morgan fingerprint density at radius 1 is 1.14 bits per heavy atom. The van der Waals surface area contributed by atoms with Crippen molar-refractivity contribution in [2.45, 2.75) is 39.2 Å². The molecule has 2 aliphatic heterocycles. The van der Waals surface area contributed by atoms with Gasteiger partial charge in [0, 0.05) is 65.4 Å². The van der Waals surface area contributed by atoms with Gasteiger partial charge in [-0.05, 0) is 19.8 Å². The van der Waals surface area contributed by atoms with Crippen LogP contribution in [-0.4, -0.2) is 94.4 Å². The minimum absolute atomic E-state index is 0.00617. The van der Waals surface area contributed by atoms with Gasteiger partial charge in [-0.15, -0.1) is 0 Å². The molecule has 1 unspecified atom stereocenters. The predicted molar refractivity (Wildman–Crippen MR) is 105 cm³/mol. The van der Waals surface area contributed by atoms with Crippen LogP contribution in [0.3, 0.4) is 0 Å². The van der Waals surface area contributed by atoms with Crippen LogP contribution in [0.5, 0.6) is 0 Å². The highest BCUT2D eigenvalue weighted by Gasteiger charge is 2.27. The zero-order valence-electron chi connectivity index (χ0n) is 17.2. The number of hydrogen-bond donors (Lipinski definition) is 0. The molecule has 3 heterocycles. The summed E-state index contributed by atoms with van der Waals surface area (Å²) in [5.74, 6) is -0.208. The van der Waals surface area contributed by atoms with Gasteiger partial charge in [0.1, 0.15) is 5.69 Å². The highest BCUT2D eigenvalue weighted by atomic mass is 16.5. The third-order valence-electron chi connectivity index (χ3n) is 5.41. The number of nitrogens with zero attached hydrogens (tertiary/aromatic N) is 5. The fraction of sp³-hybridized carbons (Fsp3) is 0.650. The van der Waals surface area contributed by atoms with Crippen molar-refractivity contribution in [2.24, 2.45) is 0 Å². The number of rotatable bonds is 6. The largest absolute Gasteiger partial charge is 0.376 e. The second-order valence-corrected chi connectivity index (χ2v) is 7.57. The third kappa shape index (κ3) is 5.72. The number of aryl methyl sites for hydroxylation is 1. The van der Waals surface area contributed by atoms with E-state index >= 15 is 0 Å². The van der Waals surface area contributed by atoms with Gasteiger partial charge in [0.15, 0.2) is 0 Å². The number of hydrogen-bond acceptors (Lipinski definition) is 6. The van der Waals surface area contributed by atoms with Gasteiger partial charge in [-0.25, -0.2) is 4.98 Å². The molecule has 158 valence electrons. The Morgan fingerprint density at radius 2 is 1.86 bits per heavy atom. The van der Waals surface area contributed by atoms with E-state index in [1.165, 1.54) is 6.20 Å². The van der Waals surface area contributed by atoms with E-state index in [2.05, 4.69) is 9.97 Å². The molecule has 1 aromatic rings. The van der Waals surface area contributed by atoms with Crippen molar-refractivity contribution >= 4 is 17.7 Å². The number of ether oxygens (including phenoxy) is 1. The van der Waals surface area contributed by atoms with Crippen molar-refractivity contribution in [3.05, 3.63) is 23.8 Å². The minimum atomic E-state index is -0.234. The van der Waals surface area contributed by atoms with Gasteiger partial charge in [-0.3, -0.25) is 19.4 Å². The van der Waals surface area contributed by atoms with Crippen LogP contribution in [0.4, 0.5) is 0 Å². The van der Waals surface area contributed by atoms with E-state index in [4.69, 9.17) is 4.74 Å². The van der Waals surface area contributed by atoms with Crippen molar-refractivity contribution in [3.63, 3.8) is 0 Å². The summed E-state index contributed by atoms with van der Waals surface area (Å²) in [5.41, 5.74) is 1.02. The van der Waals surface area contributed by atoms with Crippen LogP contribution in [0, 0.1) is 6.92 Å². The lowest BCUT2D eigenvalue weighted by molar-refractivity contribution is -0.138. The number of amides is 3. The quantitative estimate of drug-likeness (QED) is 0.686. The third-order valence-corrected chi connectivity index (χ3v) is 5.41. The summed E-state index contributed by atoms with van der Waals surface area (Å²) in [6.45, 7) is 6.98. The molecule has 0 aliphatic carbocycles. The molecule has 3 rings (SSSR count). The lowest BCUT2D eigenvalue weighted by Crippen LogP contribution is -2.50. The van der Waals surface area contributed by atoms with Crippen molar-refractivity contribution in [3.8, 4) is 0 Å². The van der Waals surface area contributed by atoms with Gasteiger partial charge in [-0.2, -0.15) is 0 Å². The van der Waals surface area contributed by atoms with Gasteiger partial charge in [0.05, 0.1) is 18.0 Å². The lowest BCUT2D eigenvalue weighted by Gasteiger charge is -2.34. The molecule has 2 aliphatic rings. The zero-order chi connectivity index (χ0) is 20.8. The van der Waals surface area contributed by atoms with E-state index in [0.29, 0.717) is 45.9 Å². The maximum Gasteiger partial charge on any atom is 0.274 e. The molecule has 29 heavy (non-hydrogen) atoms. The zero-order valence-corrected chi connectivity index (χ0v) is 17.2. The second kappa shape index (κ2) is 9.78. The average Bonchev–Trinajstić information content (AvgIpc) is 3.24. The fourth-order valence-electron chi connectivity index (χ4n) is 3.63. The van der Waals surface area contributed by atoms with Gasteiger partial charge < -0.3 is 19.4 Å². The Hall–Kier alpha value is -2.55. The second-order valence-electron chi connectivity index (χ2n) is 7.57. The SMILES string of the molecule is CC(=O)N1CCN(C(=O)CCN(CC2CCCO2)C(=O)c2cnc(C)cn2)CC1. The van der Waals surface area contributed by atoms with E-state index < -0.39 is 0 Å². The normalized spacial score (nSPS) is 19.3. The van der Waals surface area contributed by atoms with E-state index in [1.807, 2.05) is 6.92 Å². The Bertz CT molecular complexity index is 725. The molecular weight excluding hydrogens is 374 g/mol. The van der Waals surface area contributed by atoms with Crippen molar-refractivity contribution < 1.29 is 19.1 Å². The number of aromatic nitrogens is 2. The summed E-state index contributed by atoms with van der Waals surface area (Å²) in [6.07, 6.45) is 5.16. The molecule has 0 saturated carbocycles. The molecule has 9 heteroatoms. The summed E-state index contributed by atoms with van der Waals surface area (Å²) in [7, 11) is 0. The summed E-state index contributed by atoms with van der Waals surface area (Å²) < 4.78 is 5.68. The monoisotopic (exact) mass is 403 g/mol. The summed E-state index contributed by atoms with van der Waals surface area (Å²) >= 11 is 0. The van der Waals surface area contributed by atoms with Crippen molar-refractivity contribution in [2.75, 3.05) is 45.9 Å². The van der Waals surface area contributed by atoms with Crippen LogP contribution in [0.25, 0.3) is 0 Å². The summed E-state index contributed by atoms with van der Waals surface area (Å²) in [5, 5.41) is 0. The first-order chi connectivity index (χ1) is 13.9. The smallest absolute Gasteiger partial charge is 0.274 e. The molecule has 0 spiro atoms. The van der Waals surface area contributed by atoms with Gasteiger partial charge in [0.25, 0.3) is 5.91 Å². The van der Waals surface area contributed by atoms with Crippen LogP contribution < -0.4 is 0 Å². The van der Waals surface area contributed by atoms with Crippen LogP contribution in [0.2, 0.25) is 0 Å². The molecule has 9 nitrogen and oxygen atoms in total. The molecular formula is C20H29N5O4. The first kappa shape index (κ1) is 21.2. The molecule has 2 fully saturated rings. The fourth-order valence-corrected chi connectivity index (χ4v) is 3.63. The standard InChI is InChI=1S/C20H29N5O4/c1-15-12-22-18(13-21-15)20(28)25(14-17-4-3-11-29-17)6-5-19(27)24-9-7-23(8-10-24)16(2)26/h12-13,17H,3-11,14H2,1-2H3. The minimum Gasteiger partial charge on any atom is -0.376 e. The molecule has 0 radical (unpaired) electrons. The lowest BCUT2D eigenvalue weighted by atomic mass is 10.2. The van der Waals surface area contributed by atoms with Crippen LogP contribution in [-0.2, 0) is 14.3 Å². The Labute approximate surface area is 171 Å². The Morgan fingerprint density at radius 3 is 2.45 bits per heavy atom. The van der Waals surface area contributed by atoms with Gasteiger partial charge in [0.2, 0.25) is 11.8 Å². The first-order valence-electron chi connectivity index (χ1n) is 10.2. The van der Waals surface area contributed by atoms with E-state index in [1.54, 1.807) is 27.8 Å². The number of piperazine rings is 1. The van der Waals surface area contributed by atoms with Crippen LogP contribution >= 0.6 is 0 Å². The van der Waals surface area contributed by atoms with Crippen LogP contribution in [0.1, 0.15) is 42.4 Å². The molecule has 0 N–H and O–H groups in total. The summed E-state index contributed by atoms with van der Waals surface area (Å²) in [6, 6.07) is 0. The maximum atomic E-state index is 12.9. The predicted octanol–water partition coefficient (Wildman–Crippen LogP) is 0.487. The van der Waals surface area contributed by atoms with Crippen molar-refractivity contribution in [1.29, 1.82) is 0 Å². The highest BCUT2D eigenvalue weighted by molar-refractivity contribution is 5.92.